The summed E-state index contributed by atoms with van der Waals surface area (Å²) in [4.78, 5) is 36.9. The Morgan fingerprint density at radius 2 is 1.86 bits per heavy atom. The van der Waals surface area contributed by atoms with Crippen molar-refractivity contribution in [1.82, 2.24) is 9.78 Å². The summed E-state index contributed by atoms with van der Waals surface area (Å²) < 4.78 is 32.7. The van der Waals surface area contributed by atoms with E-state index in [1.165, 1.54) is 4.68 Å². The minimum absolute atomic E-state index is 0.102. The van der Waals surface area contributed by atoms with E-state index < -0.39 is 30.1 Å². The van der Waals surface area contributed by atoms with Crippen LogP contribution in [-0.4, -0.2) is 28.3 Å². The summed E-state index contributed by atoms with van der Waals surface area (Å²) in [6.07, 6.45) is 0.630. The first-order chi connectivity index (χ1) is 13.9. The Labute approximate surface area is 163 Å². The van der Waals surface area contributed by atoms with Crippen LogP contribution in [0.25, 0.3) is 10.8 Å². The zero-order valence-electron chi connectivity index (χ0n) is 15.4. The van der Waals surface area contributed by atoms with Crippen LogP contribution in [0.1, 0.15) is 23.8 Å². The highest BCUT2D eigenvalue weighted by Crippen LogP contribution is 2.16. The SMILES string of the molecule is CCCn1nc(C(=O)OCC(=O)Nc2ccc(F)cc2F)c2ccccc2c1=O. The van der Waals surface area contributed by atoms with E-state index in [9.17, 15) is 23.2 Å². The molecule has 1 heterocycles. The molecule has 1 N–H and O–H groups in total. The molecule has 0 saturated carbocycles. The van der Waals surface area contributed by atoms with Crippen molar-refractivity contribution in [3.05, 3.63) is 70.1 Å². The van der Waals surface area contributed by atoms with Crippen LogP contribution < -0.4 is 10.9 Å². The molecule has 1 aromatic heterocycles. The molecule has 2 aromatic carbocycles. The first-order valence-electron chi connectivity index (χ1n) is 8.82. The molecule has 0 aliphatic heterocycles. The van der Waals surface area contributed by atoms with Crippen molar-refractivity contribution >= 4 is 28.3 Å². The highest BCUT2D eigenvalue weighted by molar-refractivity contribution is 6.03. The Kier molecular flexibility index (Phi) is 5.96. The second-order valence-electron chi connectivity index (χ2n) is 6.17. The summed E-state index contributed by atoms with van der Waals surface area (Å²) in [5.74, 6) is -3.45. The molecule has 0 bridgehead atoms. The number of esters is 1. The second-order valence-corrected chi connectivity index (χ2v) is 6.17. The molecule has 3 aromatic rings. The third-order valence-corrected chi connectivity index (χ3v) is 4.04. The predicted molar refractivity (Wildman–Crippen MR) is 102 cm³/mol. The Balaban J connectivity index is 1.78. The van der Waals surface area contributed by atoms with Crippen molar-refractivity contribution in [2.75, 3.05) is 11.9 Å². The van der Waals surface area contributed by atoms with E-state index in [0.717, 1.165) is 12.1 Å². The lowest BCUT2D eigenvalue weighted by Crippen LogP contribution is -2.27. The summed E-state index contributed by atoms with van der Waals surface area (Å²) in [6.45, 7) is 1.47. The number of nitrogens with one attached hydrogen (secondary N) is 1. The highest BCUT2D eigenvalue weighted by Gasteiger charge is 2.19. The van der Waals surface area contributed by atoms with Gasteiger partial charge in [0.25, 0.3) is 11.5 Å². The fourth-order valence-electron chi connectivity index (χ4n) is 2.73. The molecule has 9 heteroatoms. The van der Waals surface area contributed by atoms with E-state index in [0.29, 0.717) is 29.8 Å². The smallest absolute Gasteiger partial charge is 0.359 e. The number of aromatic nitrogens is 2. The Hall–Kier alpha value is -3.62. The molecule has 1 amide bonds. The van der Waals surface area contributed by atoms with Crippen LogP contribution in [0.15, 0.2) is 47.3 Å². The molecule has 0 unspecified atom stereocenters. The van der Waals surface area contributed by atoms with Crippen molar-refractivity contribution in [3.8, 4) is 0 Å². The fourth-order valence-corrected chi connectivity index (χ4v) is 2.73. The topological polar surface area (TPSA) is 90.3 Å². The Bertz CT molecular complexity index is 1140. The van der Waals surface area contributed by atoms with Crippen molar-refractivity contribution in [2.45, 2.75) is 19.9 Å². The second kappa shape index (κ2) is 8.59. The number of hydrogen-bond acceptors (Lipinski definition) is 5. The number of aryl methyl sites for hydroxylation is 1. The molecular formula is C20H17F2N3O4. The molecule has 0 aliphatic rings. The average molecular weight is 401 g/mol. The standard InChI is InChI=1S/C20H17F2N3O4/c1-2-9-25-19(27)14-6-4-3-5-13(14)18(24-25)20(28)29-11-17(26)23-16-8-7-12(21)10-15(16)22/h3-8,10H,2,9,11H2,1H3,(H,23,26). The number of anilines is 1. The predicted octanol–water partition coefficient (Wildman–Crippen LogP) is 2.88. The molecule has 0 aliphatic carbocycles. The number of ether oxygens (including phenoxy) is 1. The molecule has 0 spiro atoms. The summed E-state index contributed by atoms with van der Waals surface area (Å²) in [7, 11) is 0. The summed E-state index contributed by atoms with van der Waals surface area (Å²) in [5.41, 5.74) is -0.675. The van der Waals surface area contributed by atoms with E-state index >= 15 is 0 Å². The van der Waals surface area contributed by atoms with E-state index in [4.69, 9.17) is 4.74 Å². The van der Waals surface area contributed by atoms with Crippen molar-refractivity contribution in [3.63, 3.8) is 0 Å². The van der Waals surface area contributed by atoms with Gasteiger partial charge in [-0.3, -0.25) is 9.59 Å². The monoisotopic (exact) mass is 401 g/mol. The van der Waals surface area contributed by atoms with Gasteiger partial charge in [-0.05, 0) is 24.6 Å². The van der Waals surface area contributed by atoms with Gasteiger partial charge in [0.1, 0.15) is 11.6 Å². The Morgan fingerprint density at radius 1 is 1.14 bits per heavy atom. The zero-order valence-corrected chi connectivity index (χ0v) is 15.4. The number of hydrogen-bond donors (Lipinski definition) is 1. The van der Waals surface area contributed by atoms with Crippen LogP contribution in [0, 0.1) is 11.6 Å². The first kappa shape index (κ1) is 20.1. The lowest BCUT2D eigenvalue weighted by Gasteiger charge is -2.10. The van der Waals surface area contributed by atoms with Crippen LogP contribution in [0.5, 0.6) is 0 Å². The number of carbonyl (C=O) groups excluding carboxylic acids is 2. The van der Waals surface area contributed by atoms with Crippen LogP contribution in [0.2, 0.25) is 0 Å². The van der Waals surface area contributed by atoms with Crippen molar-refractivity contribution in [2.24, 2.45) is 0 Å². The molecule has 0 atom stereocenters. The highest BCUT2D eigenvalue weighted by atomic mass is 19.1. The van der Waals surface area contributed by atoms with Crippen LogP contribution in [-0.2, 0) is 16.1 Å². The van der Waals surface area contributed by atoms with Gasteiger partial charge in [-0.1, -0.05) is 25.1 Å². The third-order valence-electron chi connectivity index (χ3n) is 4.04. The number of benzene rings is 2. The van der Waals surface area contributed by atoms with Gasteiger partial charge in [-0.25, -0.2) is 18.3 Å². The van der Waals surface area contributed by atoms with Gasteiger partial charge >= 0.3 is 5.97 Å². The van der Waals surface area contributed by atoms with E-state index in [1.54, 1.807) is 24.3 Å². The van der Waals surface area contributed by atoms with Gasteiger partial charge in [0.05, 0.1) is 11.1 Å². The minimum atomic E-state index is -0.955. The molecule has 0 saturated heterocycles. The first-order valence-corrected chi connectivity index (χ1v) is 8.82. The van der Waals surface area contributed by atoms with E-state index in [2.05, 4.69) is 10.4 Å². The average Bonchev–Trinajstić information content (AvgIpc) is 2.70. The van der Waals surface area contributed by atoms with Gasteiger partial charge in [0.15, 0.2) is 12.3 Å². The molecule has 3 rings (SSSR count). The van der Waals surface area contributed by atoms with E-state index in [1.807, 2.05) is 6.92 Å². The van der Waals surface area contributed by atoms with E-state index in [-0.39, 0.29) is 16.9 Å². The van der Waals surface area contributed by atoms with Crippen LogP contribution in [0.4, 0.5) is 14.5 Å². The minimum Gasteiger partial charge on any atom is -0.451 e. The molecule has 0 fully saturated rings. The lowest BCUT2D eigenvalue weighted by atomic mass is 10.1. The Morgan fingerprint density at radius 3 is 2.55 bits per heavy atom. The maximum absolute atomic E-state index is 13.6. The lowest BCUT2D eigenvalue weighted by molar-refractivity contribution is -0.119. The fraction of sp³-hybridized carbons (Fsp3) is 0.200. The van der Waals surface area contributed by atoms with Crippen LogP contribution >= 0.6 is 0 Å². The van der Waals surface area contributed by atoms with Crippen molar-refractivity contribution in [1.29, 1.82) is 0 Å². The number of carbonyl (C=O) groups is 2. The summed E-state index contributed by atoms with van der Waals surface area (Å²) in [6, 6.07) is 9.11. The summed E-state index contributed by atoms with van der Waals surface area (Å²) in [5, 5.41) is 6.87. The molecular weight excluding hydrogens is 384 g/mol. The van der Waals surface area contributed by atoms with Gasteiger partial charge in [0, 0.05) is 18.0 Å². The van der Waals surface area contributed by atoms with Crippen LogP contribution in [0.3, 0.4) is 0 Å². The largest absolute Gasteiger partial charge is 0.451 e. The molecule has 150 valence electrons. The molecule has 29 heavy (non-hydrogen) atoms. The maximum Gasteiger partial charge on any atom is 0.359 e. The number of nitrogens with zero attached hydrogens (tertiary/aromatic N) is 2. The van der Waals surface area contributed by atoms with Gasteiger partial charge in [-0.2, -0.15) is 5.10 Å². The normalized spacial score (nSPS) is 10.7. The third kappa shape index (κ3) is 4.45. The molecule has 7 nitrogen and oxygen atoms in total. The van der Waals surface area contributed by atoms with Crippen molar-refractivity contribution < 1.29 is 23.1 Å². The number of fused-ring (bicyclic) bond motifs is 1. The maximum atomic E-state index is 13.6. The number of halogens is 2. The van der Waals surface area contributed by atoms with Gasteiger partial charge < -0.3 is 10.1 Å². The molecule has 0 radical (unpaired) electrons. The zero-order chi connectivity index (χ0) is 21.0. The van der Waals surface area contributed by atoms with Gasteiger partial charge in [-0.15, -0.1) is 0 Å². The quantitative estimate of drug-likeness (QED) is 0.642. The van der Waals surface area contributed by atoms with Gasteiger partial charge in [0.2, 0.25) is 0 Å². The number of amides is 1. The number of rotatable bonds is 6. The summed E-state index contributed by atoms with van der Waals surface area (Å²) >= 11 is 0.